The fraction of sp³-hybridized carbons (Fsp3) is 0.250. The van der Waals surface area contributed by atoms with Crippen molar-refractivity contribution in [2.24, 2.45) is 5.92 Å². The van der Waals surface area contributed by atoms with Crippen molar-refractivity contribution in [3.8, 4) is 11.3 Å². The number of carbonyl (C=O) groups excluding carboxylic acids is 3. The number of ether oxygens (including phenoxy) is 2. The van der Waals surface area contributed by atoms with E-state index >= 15 is 0 Å². The van der Waals surface area contributed by atoms with Gasteiger partial charge in [-0.3, -0.25) is 10.2 Å². The van der Waals surface area contributed by atoms with E-state index < -0.39 is 6.09 Å². The Morgan fingerprint density at radius 3 is 2.27 bits per heavy atom. The molecule has 0 radical (unpaired) electrons. The molecule has 1 aliphatic heterocycles. The summed E-state index contributed by atoms with van der Waals surface area (Å²) in [5.41, 5.74) is 11.2. The normalized spacial score (nSPS) is 13.1. The van der Waals surface area contributed by atoms with Crippen molar-refractivity contribution >= 4 is 34.6 Å². The number of piperidine rings is 1. The number of nitrogens with zero attached hydrogens (tertiary/aromatic N) is 2. The Labute approximate surface area is 286 Å². The zero-order valence-electron chi connectivity index (χ0n) is 27.6. The van der Waals surface area contributed by atoms with Crippen LogP contribution in [0, 0.1) is 5.92 Å². The number of aryl methyl sites for hydroxylation is 1. The zero-order chi connectivity index (χ0) is 34.0. The maximum absolute atomic E-state index is 14.7. The van der Waals surface area contributed by atoms with Gasteiger partial charge in [0.25, 0.3) is 0 Å². The molecule has 49 heavy (non-hydrogen) atoms. The number of hydrazine groups is 1. The van der Waals surface area contributed by atoms with Crippen LogP contribution in [-0.4, -0.2) is 54.7 Å². The molecule has 2 amide bonds. The van der Waals surface area contributed by atoms with Crippen molar-refractivity contribution in [1.82, 2.24) is 15.3 Å². The van der Waals surface area contributed by atoms with Gasteiger partial charge in [-0.15, -0.1) is 0 Å². The molecule has 1 aliphatic rings. The average molecular weight is 657 g/mol. The van der Waals surface area contributed by atoms with Crippen molar-refractivity contribution in [1.29, 1.82) is 0 Å². The van der Waals surface area contributed by atoms with Crippen molar-refractivity contribution in [2.75, 3.05) is 32.2 Å². The molecular weight excluding hydrogens is 616 g/mol. The van der Waals surface area contributed by atoms with Crippen molar-refractivity contribution in [3.63, 3.8) is 0 Å². The number of hydrogen-bond acceptors (Lipinski definition) is 7. The lowest BCUT2D eigenvalue weighted by Crippen LogP contribution is -2.39. The fourth-order valence-corrected chi connectivity index (χ4v) is 6.42. The molecule has 1 aromatic heterocycles. The minimum Gasteiger partial charge on any atom is -0.452 e. The second-order valence-corrected chi connectivity index (χ2v) is 12.2. The SMILES string of the molecule is COC(=O)NNc1ccccc1C(=O)c1c(CC2CCN(C(=O)OCCCc3ccccc3)CC2)c(-c2ccccc2)nc2ccccc12. The molecule has 1 saturated heterocycles. The number of ketones is 1. The molecule has 250 valence electrons. The summed E-state index contributed by atoms with van der Waals surface area (Å²) in [5, 5.41) is 0.759. The van der Waals surface area contributed by atoms with Crippen LogP contribution >= 0.6 is 0 Å². The molecule has 0 unspecified atom stereocenters. The standard InChI is InChI=1S/C40H40N4O5/c1-48-39(46)43-42-35-21-11-9-19-32(35)38(45)36-31-18-8-10-20-34(31)41-37(30-16-6-3-7-17-30)33(36)27-29-22-24-44(25-23-29)40(47)49-26-12-15-28-13-4-2-5-14-28/h2-11,13-14,16-21,29,42H,12,15,22-27H2,1H3,(H,43,46). The Morgan fingerprint density at radius 1 is 0.837 bits per heavy atom. The number of nitrogens with one attached hydrogen (secondary N) is 2. The van der Waals surface area contributed by atoms with E-state index in [1.54, 1.807) is 29.2 Å². The van der Waals surface area contributed by atoms with E-state index in [0.29, 0.717) is 42.9 Å². The van der Waals surface area contributed by atoms with E-state index in [0.717, 1.165) is 53.4 Å². The number of methoxy groups -OCH3 is 1. The molecule has 4 aromatic carbocycles. The van der Waals surface area contributed by atoms with Gasteiger partial charge in [0.1, 0.15) is 0 Å². The third kappa shape index (κ3) is 8.06. The van der Waals surface area contributed by atoms with Crippen LogP contribution in [0.3, 0.4) is 0 Å². The number of hydrogen-bond donors (Lipinski definition) is 2. The maximum Gasteiger partial charge on any atom is 0.425 e. The van der Waals surface area contributed by atoms with E-state index in [1.807, 2.05) is 72.8 Å². The monoisotopic (exact) mass is 656 g/mol. The van der Waals surface area contributed by atoms with E-state index in [4.69, 9.17) is 14.5 Å². The van der Waals surface area contributed by atoms with Gasteiger partial charge in [0.15, 0.2) is 5.78 Å². The first-order chi connectivity index (χ1) is 24.0. The first-order valence-electron chi connectivity index (χ1n) is 16.7. The molecule has 2 heterocycles. The largest absolute Gasteiger partial charge is 0.452 e. The number of anilines is 1. The van der Waals surface area contributed by atoms with Gasteiger partial charge in [0.2, 0.25) is 0 Å². The Bertz CT molecular complexity index is 1910. The van der Waals surface area contributed by atoms with E-state index in [2.05, 4.69) is 23.0 Å². The molecule has 0 aliphatic carbocycles. The van der Waals surface area contributed by atoms with Crippen LogP contribution < -0.4 is 10.9 Å². The molecule has 0 bridgehead atoms. The molecule has 0 atom stereocenters. The molecule has 9 nitrogen and oxygen atoms in total. The van der Waals surface area contributed by atoms with E-state index in [9.17, 15) is 14.4 Å². The first-order valence-corrected chi connectivity index (χ1v) is 16.7. The van der Waals surface area contributed by atoms with Crippen LogP contribution in [0.4, 0.5) is 15.3 Å². The van der Waals surface area contributed by atoms with Gasteiger partial charge in [-0.1, -0.05) is 91.0 Å². The minimum atomic E-state index is -0.675. The third-order valence-corrected chi connectivity index (χ3v) is 8.97. The van der Waals surface area contributed by atoms with Crippen molar-refractivity contribution in [2.45, 2.75) is 32.1 Å². The predicted molar refractivity (Wildman–Crippen MR) is 190 cm³/mol. The number of amides is 2. The van der Waals surface area contributed by atoms with Crippen LogP contribution in [0.5, 0.6) is 0 Å². The van der Waals surface area contributed by atoms with Crippen LogP contribution in [0.25, 0.3) is 22.2 Å². The van der Waals surface area contributed by atoms with Gasteiger partial charge in [-0.05, 0) is 67.3 Å². The lowest BCUT2D eigenvalue weighted by molar-refractivity contribution is 0.0869. The van der Waals surface area contributed by atoms with Gasteiger partial charge < -0.3 is 14.4 Å². The molecule has 1 fully saturated rings. The summed E-state index contributed by atoms with van der Waals surface area (Å²) in [4.78, 5) is 46.4. The topological polar surface area (TPSA) is 110 Å². The predicted octanol–water partition coefficient (Wildman–Crippen LogP) is 7.84. The highest BCUT2D eigenvalue weighted by atomic mass is 16.6. The number of para-hydroxylation sites is 2. The highest BCUT2D eigenvalue weighted by Gasteiger charge is 2.29. The third-order valence-electron chi connectivity index (χ3n) is 8.97. The summed E-state index contributed by atoms with van der Waals surface area (Å²) < 4.78 is 10.3. The number of pyridine rings is 1. The molecular formula is C40H40N4O5. The molecule has 2 N–H and O–H groups in total. The zero-order valence-corrected chi connectivity index (χ0v) is 27.6. The molecule has 0 saturated carbocycles. The Kier molecular flexibility index (Phi) is 10.8. The summed E-state index contributed by atoms with van der Waals surface area (Å²) in [5.74, 6) is 0.0329. The first kappa shape index (κ1) is 33.2. The van der Waals surface area contributed by atoms with Crippen LogP contribution in [-0.2, 0) is 22.3 Å². The number of carbonyl (C=O) groups is 3. The number of rotatable bonds is 11. The smallest absolute Gasteiger partial charge is 0.425 e. The van der Waals surface area contributed by atoms with Gasteiger partial charge in [-0.25, -0.2) is 20.0 Å². The fourth-order valence-electron chi connectivity index (χ4n) is 6.42. The van der Waals surface area contributed by atoms with Gasteiger partial charge >= 0.3 is 12.2 Å². The van der Waals surface area contributed by atoms with Crippen molar-refractivity contribution < 1.29 is 23.9 Å². The molecule has 9 heteroatoms. The summed E-state index contributed by atoms with van der Waals surface area (Å²) in [6.45, 7) is 1.55. The second-order valence-electron chi connectivity index (χ2n) is 12.2. The lowest BCUT2D eigenvalue weighted by Gasteiger charge is -2.32. The lowest BCUT2D eigenvalue weighted by atomic mass is 9.83. The Balaban J connectivity index is 1.26. The molecule has 0 spiro atoms. The van der Waals surface area contributed by atoms with Gasteiger partial charge in [-0.2, -0.15) is 0 Å². The maximum atomic E-state index is 14.7. The Morgan fingerprint density at radius 2 is 1.51 bits per heavy atom. The second kappa shape index (κ2) is 15.9. The minimum absolute atomic E-state index is 0.183. The molecule has 5 aromatic rings. The number of aromatic nitrogens is 1. The van der Waals surface area contributed by atoms with E-state index in [-0.39, 0.29) is 17.8 Å². The van der Waals surface area contributed by atoms with Gasteiger partial charge in [0.05, 0.1) is 30.6 Å². The van der Waals surface area contributed by atoms with Crippen LogP contribution in [0.15, 0.2) is 109 Å². The summed E-state index contributed by atoms with van der Waals surface area (Å²) >= 11 is 0. The number of likely N-dealkylation sites (tertiary alicyclic amines) is 1. The quantitative estimate of drug-likeness (QED) is 0.0847. The number of benzene rings is 4. The average Bonchev–Trinajstić information content (AvgIpc) is 3.16. The van der Waals surface area contributed by atoms with Crippen molar-refractivity contribution in [3.05, 3.63) is 131 Å². The number of fused-ring (bicyclic) bond motifs is 1. The van der Waals surface area contributed by atoms with E-state index in [1.165, 1.54) is 12.7 Å². The highest BCUT2D eigenvalue weighted by molar-refractivity contribution is 6.20. The van der Waals surface area contributed by atoms with Crippen LogP contribution in [0.2, 0.25) is 0 Å². The molecule has 6 rings (SSSR count). The summed E-state index contributed by atoms with van der Waals surface area (Å²) in [6.07, 6.45) is 2.85. The summed E-state index contributed by atoms with van der Waals surface area (Å²) in [6, 6.07) is 34.9. The Hall–Kier alpha value is -5.70. The highest BCUT2D eigenvalue weighted by Crippen LogP contribution is 2.36. The summed E-state index contributed by atoms with van der Waals surface area (Å²) in [7, 11) is 1.27. The van der Waals surface area contributed by atoms with Crippen LogP contribution in [0.1, 0.15) is 46.3 Å². The van der Waals surface area contributed by atoms with Gasteiger partial charge in [0, 0.05) is 35.2 Å².